The van der Waals surface area contributed by atoms with Gasteiger partial charge in [0.15, 0.2) is 0 Å². The largest absolute Gasteiger partial charge is 0.491 e. The van der Waals surface area contributed by atoms with Crippen molar-refractivity contribution in [2.45, 2.75) is 31.8 Å². The molecule has 1 saturated heterocycles. The van der Waals surface area contributed by atoms with Gasteiger partial charge < -0.3 is 14.4 Å². The third kappa shape index (κ3) is 3.44. The average Bonchev–Trinajstić information content (AvgIpc) is 3.20. The van der Waals surface area contributed by atoms with Crippen LogP contribution in [0.4, 0.5) is 10.1 Å². The predicted molar refractivity (Wildman–Crippen MR) is 97.3 cm³/mol. The van der Waals surface area contributed by atoms with Gasteiger partial charge in [-0.2, -0.15) is 0 Å². The van der Waals surface area contributed by atoms with Crippen molar-refractivity contribution in [1.82, 2.24) is 0 Å². The Morgan fingerprint density at radius 2 is 2.04 bits per heavy atom. The molecule has 26 heavy (non-hydrogen) atoms. The first-order valence-corrected chi connectivity index (χ1v) is 9.16. The smallest absolute Gasteiger partial charge is 0.258 e. The summed E-state index contributed by atoms with van der Waals surface area (Å²) < 4.78 is 25.6. The van der Waals surface area contributed by atoms with Gasteiger partial charge in [0.25, 0.3) is 5.91 Å². The van der Waals surface area contributed by atoms with Crippen molar-refractivity contribution in [1.29, 1.82) is 0 Å². The molecule has 0 aromatic heterocycles. The normalized spacial score (nSPS) is 19.3. The zero-order chi connectivity index (χ0) is 17.9. The Morgan fingerprint density at radius 1 is 1.19 bits per heavy atom. The van der Waals surface area contributed by atoms with Crippen molar-refractivity contribution in [3.63, 3.8) is 0 Å². The SMILES string of the molecule is O=C(c1ccc(OCC2CCCO2)cc1)N1CCCc2cccc(F)c21. The van der Waals surface area contributed by atoms with Crippen molar-refractivity contribution in [2.75, 3.05) is 24.7 Å². The molecule has 1 atom stereocenters. The number of carbonyl (C=O) groups excluding carboxylic acids is 1. The number of ether oxygens (including phenoxy) is 2. The van der Waals surface area contributed by atoms with Gasteiger partial charge in [-0.3, -0.25) is 4.79 Å². The Hall–Kier alpha value is -2.40. The van der Waals surface area contributed by atoms with E-state index in [0.717, 1.165) is 37.9 Å². The molecule has 4 rings (SSSR count). The number of amides is 1. The third-order valence-electron chi connectivity index (χ3n) is 4.97. The highest BCUT2D eigenvalue weighted by Crippen LogP contribution is 2.31. The van der Waals surface area contributed by atoms with Crippen LogP contribution in [0.5, 0.6) is 5.75 Å². The van der Waals surface area contributed by atoms with E-state index in [2.05, 4.69) is 0 Å². The summed E-state index contributed by atoms with van der Waals surface area (Å²) >= 11 is 0. The van der Waals surface area contributed by atoms with Crippen LogP contribution in [-0.2, 0) is 11.2 Å². The van der Waals surface area contributed by atoms with Crippen molar-refractivity contribution in [3.8, 4) is 5.75 Å². The van der Waals surface area contributed by atoms with Crippen LogP contribution in [0.1, 0.15) is 35.2 Å². The van der Waals surface area contributed by atoms with Gasteiger partial charge in [-0.1, -0.05) is 12.1 Å². The summed E-state index contributed by atoms with van der Waals surface area (Å²) in [6.07, 6.45) is 3.90. The first kappa shape index (κ1) is 17.0. The number of nitrogens with zero attached hydrogens (tertiary/aromatic N) is 1. The summed E-state index contributed by atoms with van der Waals surface area (Å²) in [5, 5.41) is 0. The maximum atomic E-state index is 14.3. The van der Waals surface area contributed by atoms with Crippen LogP contribution in [0, 0.1) is 5.82 Å². The molecular formula is C21H22FNO3. The highest BCUT2D eigenvalue weighted by molar-refractivity contribution is 6.06. The number of rotatable bonds is 4. The molecule has 2 aromatic carbocycles. The second-order valence-corrected chi connectivity index (χ2v) is 6.78. The van der Waals surface area contributed by atoms with Crippen molar-refractivity contribution >= 4 is 11.6 Å². The summed E-state index contributed by atoms with van der Waals surface area (Å²) in [6, 6.07) is 12.0. The molecule has 136 valence electrons. The van der Waals surface area contributed by atoms with Crippen LogP contribution in [0.25, 0.3) is 0 Å². The maximum Gasteiger partial charge on any atom is 0.258 e. The lowest BCUT2D eigenvalue weighted by Crippen LogP contribution is -2.36. The molecule has 2 aliphatic heterocycles. The molecule has 0 bridgehead atoms. The third-order valence-corrected chi connectivity index (χ3v) is 4.97. The Balaban J connectivity index is 1.47. The van der Waals surface area contributed by atoms with Gasteiger partial charge >= 0.3 is 0 Å². The number of benzene rings is 2. The maximum absolute atomic E-state index is 14.3. The second kappa shape index (κ2) is 7.46. The van der Waals surface area contributed by atoms with Crippen LogP contribution in [0.3, 0.4) is 0 Å². The molecule has 2 aromatic rings. The Labute approximate surface area is 152 Å². The molecule has 5 heteroatoms. The lowest BCUT2D eigenvalue weighted by atomic mass is 10.0. The van der Waals surface area contributed by atoms with E-state index in [1.165, 1.54) is 6.07 Å². The van der Waals surface area contributed by atoms with Gasteiger partial charge in [0.1, 0.15) is 18.2 Å². The summed E-state index contributed by atoms with van der Waals surface area (Å²) in [5.41, 5.74) is 1.84. The molecule has 1 unspecified atom stereocenters. The van der Waals surface area contributed by atoms with E-state index in [0.29, 0.717) is 30.2 Å². The zero-order valence-corrected chi connectivity index (χ0v) is 14.6. The van der Waals surface area contributed by atoms with Gasteiger partial charge in [-0.25, -0.2) is 4.39 Å². The van der Waals surface area contributed by atoms with E-state index >= 15 is 0 Å². The van der Waals surface area contributed by atoms with Crippen LogP contribution in [0.15, 0.2) is 42.5 Å². The van der Waals surface area contributed by atoms with Gasteiger partial charge in [0.2, 0.25) is 0 Å². The highest BCUT2D eigenvalue weighted by atomic mass is 19.1. The lowest BCUT2D eigenvalue weighted by Gasteiger charge is -2.30. The Morgan fingerprint density at radius 3 is 2.81 bits per heavy atom. The summed E-state index contributed by atoms with van der Waals surface area (Å²) in [4.78, 5) is 14.4. The fourth-order valence-electron chi connectivity index (χ4n) is 3.62. The van der Waals surface area contributed by atoms with E-state index in [4.69, 9.17) is 9.47 Å². The van der Waals surface area contributed by atoms with E-state index in [9.17, 15) is 9.18 Å². The zero-order valence-electron chi connectivity index (χ0n) is 14.6. The summed E-state index contributed by atoms with van der Waals surface area (Å²) in [7, 11) is 0. The van der Waals surface area contributed by atoms with E-state index in [1.807, 2.05) is 6.07 Å². The van der Waals surface area contributed by atoms with Gasteiger partial charge in [-0.05, 0) is 61.6 Å². The molecule has 0 aliphatic carbocycles. The standard InChI is InChI=1S/C21H22FNO3/c22-19-7-1-4-15-5-2-12-23(20(15)19)21(24)16-8-10-17(11-9-16)26-14-18-6-3-13-25-18/h1,4,7-11,18H,2-3,5-6,12-14H2. The predicted octanol–water partition coefficient (Wildman–Crippen LogP) is 3.98. The number of aryl methyl sites for hydroxylation is 1. The molecule has 0 N–H and O–H groups in total. The van der Waals surface area contributed by atoms with Crippen LogP contribution in [0.2, 0.25) is 0 Å². The van der Waals surface area contributed by atoms with Gasteiger partial charge in [-0.15, -0.1) is 0 Å². The quantitative estimate of drug-likeness (QED) is 0.833. The summed E-state index contributed by atoms with van der Waals surface area (Å²) in [5.74, 6) is 0.191. The van der Waals surface area contributed by atoms with Crippen LogP contribution in [-0.4, -0.2) is 31.8 Å². The van der Waals surface area contributed by atoms with E-state index in [-0.39, 0.29) is 17.8 Å². The van der Waals surface area contributed by atoms with Crippen molar-refractivity contribution < 1.29 is 18.7 Å². The first-order valence-electron chi connectivity index (χ1n) is 9.16. The van der Waals surface area contributed by atoms with Crippen molar-refractivity contribution in [3.05, 3.63) is 59.4 Å². The van der Waals surface area contributed by atoms with Gasteiger partial charge in [0.05, 0.1) is 11.8 Å². The average molecular weight is 355 g/mol. The number of carbonyl (C=O) groups is 1. The fraction of sp³-hybridized carbons (Fsp3) is 0.381. The molecule has 1 amide bonds. The number of hydrogen-bond acceptors (Lipinski definition) is 3. The number of anilines is 1. The first-order chi connectivity index (χ1) is 12.7. The molecule has 0 radical (unpaired) electrons. The molecular weight excluding hydrogens is 333 g/mol. The number of hydrogen-bond donors (Lipinski definition) is 0. The minimum absolute atomic E-state index is 0.157. The summed E-state index contributed by atoms with van der Waals surface area (Å²) in [6.45, 7) is 1.86. The monoisotopic (exact) mass is 355 g/mol. The molecule has 4 nitrogen and oxygen atoms in total. The minimum atomic E-state index is -0.341. The molecule has 2 heterocycles. The Bertz CT molecular complexity index is 784. The molecule has 1 fully saturated rings. The molecule has 2 aliphatic rings. The van der Waals surface area contributed by atoms with Crippen LogP contribution >= 0.6 is 0 Å². The van der Waals surface area contributed by atoms with Crippen molar-refractivity contribution in [2.24, 2.45) is 0 Å². The van der Waals surface area contributed by atoms with E-state index < -0.39 is 0 Å². The highest BCUT2D eigenvalue weighted by Gasteiger charge is 2.26. The molecule has 0 spiro atoms. The van der Waals surface area contributed by atoms with E-state index in [1.54, 1.807) is 35.2 Å². The number of halogens is 1. The minimum Gasteiger partial charge on any atom is -0.491 e. The van der Waals surface area contributed by atoms with Crippen LogP contribution < -0.4 is 9.64 Å². The lowest BCUT2D eigenvalue weighted by molar-refractivity contribution is 0.0679. The number of para-hydroxylation sites is 1. The topological polar surface area (TPSA) is 38.8 Å². The molecule has 0 saturated carbocycles. The Kier molecular flexibility index (Phi) is 4.89. The van der Waals surface area contributed by atoms with Gasteiger partial charge in [0, 0.05) is 18.7 Å². The fourth-order valence-corrected chi connectivity index (χ4v) is 3.62. The second-order valence-electron chi connectivity index (χ2n) is 6.78. The number of fused-ring (bicyclic) bond motifs is 1.